The van der Waals surface area contributed by atoms with Crippen LogP contribution in [0.3, 0.4) is 0 Å². The minimum absolute atomic E-state index is 0.138. The average molecular weight is 293 g/mol. The topological polar surface area (TPSA) is 58.4 Å². The number of carbonyl (C=O) groups excluding carboxylic acids is 1. The van der Waals surface area contributed by atoms with Crippen LogP contribution in [0.2, 0.25) is 0 Å². The quantitative estimate of drug-likeness (QED) is 0.748. The lowest BCUT2D eigenvalue weighted by Gasteiger charge is -2.22. The summed E-state index contributed by atoms with van der Waals surface area (Å²) in [7, 11) is 2.03. The van der Waals surface area contributed by atoms with Gasteiger partial charge in [0.2, 0.25) is 5.91 Å². The second-order valence-electron chi connectivity index (χ2n) is 5.11. The number of carbonyl (C=O) groups is 1. The van der Waals surface area contributed by atoms with Crippen LogP contribution in [0.5, 0.6) is 0 Å². The molecule has 0 heterocycles. The van der Waals surface area contributed by atoms with E-state index in [2.05, 4.69) is 24.1 Å². The number of nitrogens with zero attached hydrogens (tertiary/aromatic N) is 1. The molecule has 0 spiro atoms. The smallest absolute Gasteiger partial charge is 0.234 e. The molecule has 0 saturated heterocycles. The molecule has 0 fully saturated rings. The summed E-state index contributed by atoms with van der Waals surface area (Å²) in [5, 5.41) is 2.90. The Morgan fingerprint density at radius 1 is 1.35 bits per heavy atom. The molecule has 20 heavy (non-hydrogen) atoms. The van der Waals surface area contributed by atoms with Crippen molar-refractivity contribution in [1.82, 2.24) is 10.2 Å². The largest absolute Gasteiger partial charge is 0.392 e. The van der Waals surface area contributed by atoms with Gasteiger partial charge in [0.1, 0.15) is 5.92 Å². The Kier molecular flexibility index (Phi) is 6.61. The maximum absolute atomic E-state index is 12.2. The van der Waals surface area contributed by atoms with Crippen LogP contribution in [0, 0.1) is 0 Å². The zero-order valence-electron chi connectivity index (χ0n) is 12.3. The third kappa shape index (κ3) is 4.90. The van der Waals surface area contributed by atoms with E-state index < -0.39 is 5.92 Å². The van der Waals surface area contributed by atoms with E-state index in [4.69, 9.17) is 18.0 Å². The highest BCUT2D eigenvalue weighted by molar-refractivity contribution is 7.80. The number of benzene rings is 1. The third-order valence-electron chi connectivity index (χ3n) is 3.32. The number of likely N-dealkylation sites (N-methyl/N-ethyl adjacent to an activating group) is 1. The van der Waals surface area contributed by atoms with Gasteiger partial charge in [0, 0.05) is 19.1 Å². The molecule has 5 heteroatoms. The van der Waals surface area contributed by atoms with Gasteiger partial charge in [-0.15, -0.1) is 0 Å². The fraction of sp³-hybridized carbons (Fsp3) is 0.467. The molecule has 1 aromatic rings. The molecule has 0 radical (unpaired) electrons. The van der Waals surface area contributed by atoms with Crippen LogP contribution in [0.25, 0.3) is 0 Å². The second-order valence-corrected chi connectivity index (χ2v) is 5.58. The van der Waals surface area contributed by atoms with Crippen molar-refractivity contribution in [2.45, 2.75) is 25.8 Å². The van der Waals surface area contributed by atoms with Crippen molar-refractivity contribution >= 4 is 23.1 Å². The molecule has 0 aromatic heterocycles. The summed E-state index contributed by atoms with van der Waals surface area (Å²) in [5.41, 5.74) is 6.54. The van der Waals surface area contributed by atoms with Gasteiger partial charge in [0.25, 0.3) is 0 Å². The van der Waals surface area contributed by atoms with E-state index in [0.29, 0.717) is 12.6 Å². The summed E-state index contributed by atoms with van der Waals surface area (Å²) in [6.07, 6.45) is 0. The molecule has 0 saturated carbocycles. The highest BCUT2D eigenvalue weighted by Crippen LogP contribution is 2.16. The first kappa shape index (κ1) is 16.6. The van der Waals surface area contributed by atoms with Crippen molar-refractivity contribution in [3.05, 3.63) is 35.9 Å². The average Bonchev–Trinajstić information content (AvgIpc) is 2.39. The fourth-order valence-corrected chi connectivity index (χ4v) is 2.05. The first-order valence-electron chi connectivity index (χ1n) is 6.75. The van der Waals surface area contributed by atoms with Gasteiger partial charge in [-0.3, -0.25) is 4.79 Å². The number of rotatable bonds is 7. The lowest BCUT2D eigenvalue weighted by atomic mass is 9.98. The molecule has 1 aromatic carbocycles. The second kappa shape index (κ2) is 7.97. The third-order valence-corrected chi connectivity index (χ3v) is 3.56. The molecule has 1 unspecified atom stereocenters. The van der Waals surface area contributed by atoms with E-state index in [-0.39, 0.29) is 10.9 Å². The number of hydrogen-bond acceptors (Lipinski definition) is 3. The van der Waals surface area contributed by atoms with E-state index >= 15 is 0 Å². The molecule has 110 valence electrons. The van der Waals surface area contributed by atoms with Crippen LogP contribution < -0.4 is 11.1 Å². The van der Waals surface area contributed by atoms with Gasteiger partial charge >= 0.3 is 0 Å². The molecule has 1 amide bonds. The predicted molar refractivity (Wildman–Crippen MR) is 86.7 cm³/mol. The van der Waals surface area contributed by atoms with Crippen molar-refractivity contribution in [2.24, 2.45) is 5.73 Å². The van der Waals surface area contributed by atoms with Crippen molar-refractivity contribution in [1.29, 1.82) is 0 Å². The van der Waals surface area contributed by atoms with Gasteiger partial charge in [-0.05, 0) is 26.5 Å². The first-order chi connectivity index (χ1) is 9.43. The Morgan fingerprint density at radius 2 is 1.95 bits per heavy atom. The lowest BCUT2D eigenvalue weighted by Crippen LogP contribution is -2.40. The number of amides is 1. The van der Waals surface area contributed by atoms with Crippen LogP contribution in [-0.2, 0) is 4.79 Å². The Morgan fingerprint density at radius 3 is 2.45 bits per heavy atom. The molecular formula is C15H23N3OS. The Balaban J connectivity index is 2.61. The van der Waals surface area contributed by atoms with Gasteiger partial charge in [0.15, 0.2) is 0 Å². The predicted octanol–water partition coefficient (Wildman–Crippen LogP) is 1.51. The van der Waals surface area contributed by atoms with Gasteiger partial charge < -0.3 is 16.0 Å². The number of nitrogens with one attached hydrogen (secondary N) is 1. The summed E-state index contributed by atoms with van der Waals surface area (Å²) in [5.74, 6) is -0.698. The van der Waals surface area contributed by atoms with E-state index in [0.717, 1.165) is 12.1 Å². The Labute approximate surface area is 126 Å². The molecule has 4 nitrogen and oxygen atoms in total. The fourth-order valence-electron chi connectivity index (χ4n) is 1.81. The lowest BCUT2D eigenvalue weighted by molar-refractivity contribution is -0.121. The number of nitrogens with two attached hydrogens (primary N) is 1. The minimum Gasteiger partial charge on any atom is -0.392 e. The summed E-state index contributed by atoms with van der Waals surface area (Å²) in [6.45, 7) is 5.61. The van der Waals surface area contributed by atoms with Gasteiger partial charge in [0.05, 0.1) is 4.99 Å². The highest BCUT2D eigenvalue weighted by Gasteiger charge is 2.22. The van der Waals surface area contributed by atoms with Crippen LogP contribution in [0.4, 0.5) is 0 Å². The summed E-state index contributed by atoms with van der Waals surface area (Å²) < 4.78 is 0. The zero-order chi connectivity index (χ0) is 15.1. The Hall–Kier alpha value is -1.46. The maximum Gasteiger partial charge on any atom is 0.234 e. The monoisotopic (exact) mass is 293 g/mol. The van der Waals surface area contributed by atoms with E-state index in [1.165, 1.54) is 0 Å². The van der Waals surface area contributed by atoms with Crippen molar-refractivity contribution < 1.29 is 4.79 Å². The van der Waals surface area contributed by atoms with Gasteiger partial charge in [-0.25, -0.2) is 0 Å². The summed E-state index contributed by atoms with van der Waals surface area (Å²) >= 11 is 5.03. The van der Waals surface area contributed by atoms with Gasteiger partial charge in [-0.2, -0.15) is 0 Å². The van der Waals surface area contributed by atoms with Crippen molar-refractivity contribution in [2.75, 3.05) is 20.1 Å². The molecule has 0 aliphatic rings. The van der Waals surface area contributed by atoms with Crippen LogP contribution in [0.15, 0.2) is 30.3 Å². The normalized spacial score (nSPS) is 12.4. The van der Waals surface area contributed by atoms with E-state index in [1.807, 2.05) is 37.4 Å². The Bertz CT molecular complexity index is 448. The molecule has 1 atom stereocenters. The molecule has 1 rings (SSSR count). The van der Waals surface area contributed by atoms with Crippen LogP contribution in [0.1, 0.15) is 25.3 Å². The zero-order valence-corrected chi connectivity index (χ0v) is 13.1. The highest BCUT2D eigenvalue weighted by atomic mass is 32.1. The molecule has 0 aliphatic carbocycles. The SMILES string of the molecule is CC(C)N(C)CCNC(=O)C(C(N)=S)c1ccccc1. The molecular weight excluding hydrogens is 270 g/mol. The summed E-state index contributed by atoms with van der Waals surface area (Å²) in [4.78, 5) is 14.6. The summed E-state index contributed by atoms with van der Waals surface area (Å²) in [6, 6.07) is 9.83. The first-order valence-corrected chi connectivity index (χ1v) is 7.16. The van der Waals surface area contributed by atoms with E-state index in [9.17, 15) is 4.79 Å². The minimum atomic E-state index is -0.560. The maximum atomic E-state index is 12.2. The number of hydrogen-bond donors (Lipinski definition) is 2. The van der Waals surface area contributed by atoms with Gasteiger partial charge in [-0.1, -0.05) is 42.5 Å². The number of thiocarbonyl (C=S) groups is 1. The standard InChI is InChI=1S/C15H23N3OS/c1-11(2)18(3)10-9-17-15(19)13(14(16)20)12-7-5-4-6-8-12/h4-8,11,13H,9-10H2,1-3H3,(H2,16,20)(H,17,19). The van der Waals surface area contributed by atoms with Crippen molar-refractivity contribution in [3.63, 3.8) is 0 Å². The van der Waals surface area contributed by atoms with E-state index in [1.54, 1.807) is 0 Å². The molecule has 3 N–H and O–H groups in total. The van der Waals surface area contributed by atoms with Crippen LogP contribution in [-0.4, -0.2) is 42.0 Å². The van der Waals surface area contributed by atoms with Crippen molar-refractivity contribution in [3.8, 4) is 0 Å². The van der Waals surface area contributed by atoms with Crippen LogP contribution >= 0.6 is 12.2 Å². The molecule has 0 bridgehead atoms. The molecule has 0 aliphatic heterocycles.